The number of hydrogen-bond acceptors (Lipinski definition) is 6. The zero-order chi connectivity index (χ0) is 21.4. The zero-order valence-electron chi connectivity index (χ0n) is 16.8. The summed E-state index contributed by atoms with van der Waals surface area (Å²) in [5, 5.41) is 1.55. The number of benzene rings is 1. The van der Waals surface area contributed by atoms with Crippen LogP contribution in [-0.4, -0.2) is 88.3 Å². The van der Waals surface area contributed by atoms with Gasteiger partial charge in [-0.3, -0.25) is 14.5 Å². The van der Waals surface area contributed by atoms with E-state index in [1.165, 1.54) is 11.8 Å². The summed E-state index contributed by atoms with van der Waals surface area (Å²) in [7, 11) is -2.29. The summed E-state index contributed by atoms with van der Waals surface area (Å²) in [6, 6.07) is 4.45. The summed E-state index contributed by atoms with van der Waals surface area (Å²) >= 11 is 0. The highest BCUT2D eigenvalue weighted by atomic mass is 32.2. The molecule has 0 bridgehead atoms. The van der Waals surface area contributed by atoms with Gasteiger partial charge in [-0.15, -0.1) is 0 Å². The molecule has 1 aliphatic heterocycles. The third kappa shape index (κ3) is 6.48. The smallest absolute Gasteiger partial charge is 0.241 e. The summed E-state index contributed by atoms with van der Waals surface area (Å²) in [5.74, 6) is -1.12. The molecule has 0 aromatic heterocycles. The van der Waals surface area contributed by atoms with E-state index in [0.717, 1.165) is 30.7 Å². The first-order valence-corrected chi connectivity index (χ1v) is 11.1. The molecule has 0 radical (unpaired) electrons. The predicted octanol–water partition coefficient (Wildman–Crippen LogP) is 0.285. The molecule has 10 heteroatoms. The number of nitrogens with one attached hydrogen (secondary N) is 1. The normalized spacial score (nSPS) is 16.4. The van der Waals surface area contributed by atoms with E-state index in [2.05, 4.69) is 5.32 Å². The molecule has 1 fully saturated rings. The lowest BCUT2D eigenvalue weighted by Crippen LogP contribution is -2.53. The Balaban J connectivity index is 1.84. The van der Waals surface area contributed by atoms with Crippen LogP contribution >= 0.6 is 0 Å². The van der Waals surface area contributed by atoms with Crippen LogP contribution in [-0.2, 0) is 24.2 Å². The van der Waals surface area contributed by atoms with Crippen LogP contribution in [0.2, 0.25) is 0 Å². The summed E-state index contributed by atoms with van der Waals surface area (Å²) < 4.78 is 43.3. The van der Waals surface area contributed by atoms with Crippen LogP contribution in [0.15, 0.2) is 29.2 Å². The number of methoxy groups -OCH3 is 1. The second-order valence-electron chi connectivity index (χ2n) is 6.94. The highest BCUT2D eigenvalue weighted by Crippen LogP contribution is 2.19. The highest BCUT2D eigenvalue weighted by molar-refractivity contribution is 7.92. The van der Waals surface area contributed by atoms with Gasteiger partial charge in [-0.05, 0) is 37.6 Å². The van der Waals surface area contributed by atoms with E-state index in [0.29, 0.717) is 39.3 Å². The number of hydrogen-bond donors (Lipinski definition) is 1. The molecular formula is C19H28FN3O5S. The minimum Gasteiger partial charge on any atom is -0.385 e. The lowest BCUT2D eigenvalue weighted by Gasteiger charge is -2.35. The largest absolute Gasteiger partial charge is 0.385 e. The number of carbonyl (C=O) groups excluding carboxylic acids is 2. The monoisotopic (exact) mass is 429 g/mol. The number of carbonyl (C=O) groups is 2. The van der Waals surface area contributed by atoms with E-state index in [1.54, 1.807) is 7.11 Å². The van der Waals surface area contributed by atoms with Crippen molar-refractivity contribution >= 4 is 21.7 Å². The van der Waals surface area contributed by atoms with Gasteiger partial charge in [0.25, 0.3) is 0 Å². The highest BCUT2D eigenvalue weighted by Gasteiger charge is 2.34. The Morgan fingerprint density at radius 3 is 2.38 bits per heavy atom. The van der Waals surface area contributed by atoms with E-state index in [-0.39, 0.29) is 17.3 Å². The number of ether oxygens (including phenoxy) is 1. The fourth-order valence-corrected chi connectivity index (χ4v) is 4.39. The van der Waals surface area contributed by atoms with Crippen molar-refractivity contribution in [1.82, 2.24) is 15.1 Å². The molecule has 1 N–H and O–H groups in total. The van der Waals surface area contributed by atoms with Gasteiger partial charge in [0, 0.05) is 46.4 Å². The predicted molar refractivity (Wildman–Crippen MR) is 106 cm³/mol. The molecule has 1 atom stereocenters. The zero-order valence-corrected chi connectivity index (χ0v) is 17.6. The molecule has 1 unspecified atom stereocenters. The maximum Gasteiger partial charge on any atom is 0.241 e. The Kier molecular flexibility index (Phi) is 8.54. The van der Waals surface area contributed by atoms with Crippen molar-refractivity contribution in [3.8, 4) is 0 Å². The van der Waals surface area contributed by atoms with Gasteiger partial charge < -0.3 is 15.0 Å². The Morgan fingerprint density at radius 1 is 1.17 bits per heavy atom. The van der Waals surface area contributed by atoms with Gasteiger partial charge in [0.05, 0.1) is 11.4 Å². The molecule has 1 heterocycles. The van der Waals surface area contributed by atoms with Gasteiger partial charge in [0.1, 0.15) is 11.1 Å². The Hall–Kier alpha value is -2.04. The lowest BCUT2D eigenvalue weighted by atomic mass is 10.2. The van der Waals surface area contributed by atoms with Crippen molar-refractivity contribution < 1.29 is 27.1 Å². The first-order valence-electron chi connectivity index (χ1n) is 9.52. The standard InChI is InChI=1S/C19H28FN3O5S/c1-15(29(26,27)17-6-4-16(20)5-7-17)19(25)23-11-9-22(10-12-23)14-18(24)21-8-3-13-28-2/h4-7,15H,3,8-14H2,1-2H3,(H,21,24). The quantitative estimate of drug-likeness (QED) is 0.448. The van der Waals surface area contributed by atoms with Gasteiger partial charge >= 0.3 is 0 Å². The number of halogens is 1. The van der Waals surface area contributed by atoms with Crippen LogP contribution < -0.4 is 5.32 Å². The Labute approximate surface area is 170 Å². The van der Waals surface area contributed by atoms with Crippen molar-refractivity contribution in [3.05, 3.63) is 30.1 Å². The molecule has 0 saturated carbocycles. The number of sulfone groups is 1. The van der Waals surface area contributed by atoms with Crippen LogP contribution in [0.4, 0.5) is 4.39 Å². The van der Waals surface area contributed by atoms with Crippen LogP contribution in [0.25, 0.3) is 0 Å². The summed E-state index contributed by atoms with van der Waals surface area (Å²) in [4.78, 5) is 28.0. The summed E-state index contributed by atoms with van der Waals surface area (Å²) in [5.41, 5.74) is 0. The molecule has 1 aromatic rings. The van der Waals surface area contributed by atoms with Crippen molar-refractivity contribution in [2.24, 2.45) is 0 Å². The number of piperazine rings is 1. The van der Waals surface area contributed by atoms with Crippen LogP contribution in [0.3, 0.4) is 0 Å². The lowest BCUT2D eigenvalue weighted by molar-refractivity contribution is -0.132. The van der Waals surface area contributed by atoms with Gasteiger partial charge in [0.2, 0.25) is 11.8 Å². The Morgan fingerprint density at radius 2 is 1.79 bits per heavy atom. The average Bonchev–Trinajstić information content (AvgIpc) is 2.71. The summed E-state index contributed by atoms with van der Waals surface area (Å²) in [6.45, 7) is 4.38. The maximum atomic E-state index is 13.0. The molecule has 1 aromatic carbocycles. The van der Waals surface area contributed by atoms with Gasteiger partial charge in [-0.1, -0.05) is 0 Å². The number of nitrogens with zero attached hydrogens (tertiary/aromatic N) is 2. The molecule has 2 amide bonds. The maximum absolute atomic E-state index is 13.0. The molecule has 0 aliphatic carbocycles. The van der Waals surface area contributed by atoms with Crippen molar-refractivity contribution in [1.29, 1.82) is 0 Å². The molecular weight excluding hydrogens is 401 g/mol. The van der Waals surface area contributed by atoms with E-state index in [1.807, 2.05) is 4.90 Å². The van der Waals surface area contributed by atoms with Gasteiger partial charge in [-0.2, -0.15) is 0 Å². The molecule has 2 rings (SSSR count). The van der Waals surface area contributed by atoms with E-state index < -0.39 is 26.8 Å². The van der Waals surface area contributed by atoms with Crippen LogP contribution in [0, 0.1) is 5.82 Å². The van der Waals surface area contributed by atoms with E-state index >= 15 is 0 Å². The van der Waals surface area contributed by atoms with Crippen molar-refractivity contribution in [2.75, 3.05) is 53.0 Å². The van der Waals surface area contributed by atoms with E-state index in [9.17, 15) is 22.4 Å². The third-order valence-electron chi connectivity index (χ3n) is 4.85. The van der Waals surface area contributed by atoms with Gasteiger partial charge in [0.15, 0.2) is 9.84 Å². The second-order valence-corrected chi connectivity index (χ2v) is 9.21. The first kappa shape index (κ1) is 23.2. The fraction of sp³-hybridized carbons (Fsp3) is 0.579. The molecule has 29 heavy (non-hydrogen) atoms. The topological polar surface area (TPSA) is 96.0 Å². The van der Waals surface area contributed by atoms with Gasteiger partial charge in [-0.25, -0.2) is 12.8 Å². The molecule has 0 spiro atoms. The third-order valence-corrected chi connectivity index (χ3v) is 6.92. The minimum absolute atomic E-state index is 0.0801. The van der Waals surface area contributed by atoms with Crippen molar-refractivity contribution in [2.45, 2.75) is 23.5 Å². The van der Waals surface area contributed by atoms with Crippen LogP contribution in [0.5, 0.6) is 0 Å². The number of rotatable bonds is 9. The first-order chi connectivity index (χ1) is 13.8. The number of amides is 2. The molecule has 1 saturated heterocycles. The Bertz CT molecular complexity index is 793. The average molecular weight is 430 g/mol. The molecule has 8 nitrogen and oxygen atoms in total. The SMILES string of the molecule is COCCCNC(=O)CN1CCN(C(=O)C(C)S(=O)(=O)c2ccc(F)cc2)CC1. The second kappa shape index (κ2) is 10.7. The molecule has 162 valence electrons. The summed E-state index contributed by atoms with van der Waals surface area (Å²) in [6.07, 6.45) is 0.741. The van der Waals surface area contributed by atoms with Crippen molar-refractivity contribution in [3.63, 3.8) is 0 Å². The van der Waals surface area contributed by atoms with E-state index in [4.69, 9.17) is 4.74 Å². The minimum atomic E-state index is -3.90. The fourth-order valence-electron chi connectivity index (χ4n) is 3.05. The molecule has 1 aliphatic rings. The van der Waals surface area contributed by atoms with Crippen LogP contribution in [0.1, 0.15) is 13.3 Å².